The molecule has 156 valence electrons. The Hall–Kier alpha value is -2.52. The summed E-state index contributed by atoms with van der Waals surface area (Å²) in [5.74, 6) is -0.167. The van der Waals surface area contributed by atoms with Gasteiger partial charge in [0, 0.05) is 11.8 Å². The molecule has 1 N–H and O–H groups in total. The first kappa shape index (κ1) is 21.2. The number of carbonyl (C=O) groups is 1. The van der Waals surface area contributed by atoms with Crippen molar-refractivity contribution in [2.24, 2.45) is 0 Å². The molecule has 0 aromatic heterocycles. The van der Waals surface area contributed by atoms with Crippen molar-refractivity contribution in [3.05, 3.63) is 47.2 Å². The topological polar surface area (TPSA) is 84.9 Å². The largest absolute Gasteiger partial charge is 0.486 e. The SMILES string of the molecule is CC[C@H](C(=O)Nc1ccc2c(c1)OCCO2)N(c1ccc(F)c(Cl)c1)S(C)(=O)=O. The summed E-state index contributed by atoms with van der Waals surface area (Å²) in [7, 11) is -3.86. The van der Waals surface area contributed by atoms with E-state index in [9.17, 15) is 17.6 Å². The molecule has 0 saturated carbocycles. The molecule has 2 aromatic rings. The molecule has 0 saturated heterocycles. The van der Waals surface area contributed by atoms with Gasteiger partial charge in [-0.15, -0.1) is 0 Å². The van der Waals surface area contributed by atoms with E-state index < -0.39 is 27.8 Å². The average Bonchev–Trinajstić information content (AvgIpc) is 2.67. The second-order valence-electron chi connectivity index (χ2n) is 6.43. The van der Waals surface area contributed by atoms with E-state index in [-0.39, 0.29) is 17.1 Å². The van der Waals surface area contributed by atoms with Crippen LogP contribution in [-0.2, 0) is 14.8 Å². The maximum Gasteiger partial charge on any atom is 0.248 e. The summed E-state index contributed by atoms with van der Waals surface area (Å²) in [4.78, 5) is 12.9. The van der Waals surface area contributed by atoms with Gasteiger partial charge in [0.2, 0.25) is 15.9 Å². The minimum atomic E-state index is -3.86. The van der Waals surface area contributed by atoms with E-state index in [0.717, 1.165) is 16.6 Å². The van der Waals surface area contributed by atoms with Crippen LogP contribution >= 0.6 is 11.6 Å². The number of amides is 1. The molecule has 1 atom stereocenters. The van der Waals surface area contributed by atoms with Crippen molar-refractivity contribution < 1.29 is 27.1 Å². The maximum atomic E-state index is 13.5. The van der Waals surface area contributed by atoms with Crippen molar-refractivity contribution in [1.29, 1.82) is 0 Å². The van der Waals surface area contributed by atoms with Crippen LogP contribution in [0.15, 0.2) is 36.4 Å². The quantitative estimate of drug-likeness (QED) is 0.740. The molecular weight excluding hydrogens is 423 g/mol. The van der Waals surface area contributed by atoms with E-state index in [0.29, 0.717) is 30.4 Å². The third kappa shape index (κ3) is 4.73. The van der Waals surface area contributed by atoms with Crippen LogP contribution in [0.1, 0.15) is 13.3 Å². The van der Waals surface area contributed by atoms with Gasteiger partial charge in [0.25, 0.3) is 0 Å². The van der Waals surface area contributed by atoms with Crippen LogP contribution < -0.4 is 19.1 Å². The Balaban J connectivity index is 1.90. The lowest BCUT2D eigenvalue weighted by atomic mass is 10.1. The fourth-order valence-electron chi connectivity index (χ4n) is 3.03. The standard InChI is InChI=1S/C19H20ClFN2O5S/c1-3-16(23(29(2,25)26)13-5-6-15(21)14(20)11-13)19(24)22-12-4-7-17-18(10-12)28-9-8-27-17/h4-7,10-11,16H,3,8-9H2,1-2H3,(H,22,24)/t16-/m1/s1. The number of nitrogens with zero attached hydrogens (tertiary/aromatic N) is 1. The second-order valence-corrected chi connectivity index (χ2v) is 8.70. The number of anilines is 2. The van der Waals surface area contributed by atoms with Gasteiger partial charge in [-0.2, -0.15) is 0 Å². The summed E-state index contributed by atoms with van der Waals surface area (Å²) in [6, 6.07) is 7.34. The number of benzene rings is 2. The van der Waals surface area contributed by atoms with Gasteiger partial charge < -0.3 is 14.8 Å². The summed E-state index contributed by atoms with van der Waals surface area (Å²) in [5, 5.41) is 2.47. The van der Waals surface area contributed by atoms with Gasteiger partial charge in [-0.25, -0.2) is 12.8 Å². The first-order chi connectivity index (χ1) is 13.7. The van der Waals surface area contributed by atoms with Gasteiger partial charge in [-0.05, 0) is 36.8 Å². The maximum absolute atomic E-state index is 13.5. The van der Waals surface area contributed by atoms with Crippen molar-refractivity contribution in [2.75, 3.05) is 29.1 Å². The molecule has 0 unspecified atom stereocenters. The monoisotopic (exact) mass is 442 g/mol. The van der Waals surface area contributed by atoms with Gasteiger partial charge in [-0.1, -0.05) is 18.5 Å². The van der Waals surface area contributed by atoms with Crippen molar-refractivity contribution in [3.63, 3.8) is 0 Å². The molecule has 0 aliphatic carbocycles. The van der Waals surface area contributed by atoms with E-state index in [4.69, 9.17) is 21.1 Å². The molecule has 1 aliphatic heterocycles. The number of halogens is 2. The lowest BCUT2D eigenvalue weighted by Crippen LogP contribution is -2.47. The van der Waals surface area contributed by atoms with E-state index >= 15 is 0 Å². The van der Waals surface area contributed by atoms with Crippen LogP contribution in [0.25, 0.3) is 0 Å². The van der Waals surface area contributed by atoms with E-state index in [1.807, 2.05) is 0 Å². The Morgan fingerprint density at radius 2 is 1.90 bits per heavy atom. The van der Waals surface area contributed by atoms with E-state index in [1.165, 1.54) is 12.1 Å². The highest BCUT2D eigenvalue weighted by atomic mass is 35.5. The molecule has 0 bridgehead atoms. The molecule has 0 radical (unpaired) electrons. The third-order valence-corrected chi connectivity index (χ3v) is 5.77. The van der Waals surface area contributed by atoms with Crippen LogP contribution in [0.5, 0.6) is 11.5 Å². The summed E-state index contributed by atoms with van der Waals surface area (Å²) in [5.41, 5.74) is 0.534. The zero-order valence-corrected chi connectivity index (χ0v) is 17.4. The van der Waals surface area contributed by atoms with Crippen LogP contribution in [0.3, 0.4) is 0 Å². The van der Waals surface area contributed by atoms with Gasteiger partial charge in [0.05, 0.1) is 17.0 Å². The molecule has 2 aromatic carbocycles. The lowest BCUT2D eigenvalue weighted by molar-refractivity contribution is -0.117. The molecule has 1 heterocycles. The van der Waals surface area contributed by atoms with Crippen LogP contribution in [0, 0.1) is 5.82 Å². The van der Waals surface area contributed by atoms with Crippen molar-refractivity contribution >= 4 is 38.9 Å². The van der Waals surface area contributed by atoms with Gasteiger partial charge >= 0.3 is 0 Å². The predicted molar refractivity (Wildman–Crippen MR) is 109 cm³/mol. The number of hydrogen-bond acceptors (Lipinski definition) is 5. The molecule has 0 fully saturated rings. The fraction of sp³-hybridized carbons (Fsp3) is 0.316. The lowest BCUT2D eigenvalue weighted by Gasteiger charge is -2.30. The van der Waals surface area contributed by atoms with Crippen molar-refractivity contribution in [1.82, 2.24) is 0 Å². The van der Waals surface area contributed by atoms with Crippen LogP contribution in [0.2, 0.25) is 5.02 Å². The number of carbonyl (C=O) groups excluding carboxylic acids is 1. The number of rotatable bonds is 6. The van der Waals surface area contributed by atoms with E-state index in [1.54, 1.807) is 25.1 Å². The number of hydrogen-bond donors (Lipinski definition) is 1. The molecule has 7 nitrogen and oxygen atoms in total. The molecule has 1 aliphatic rings. The summed E-state index contributed by atoms with van der Waals surface area (Å²) in [6.45, 7) is 2.52. The molecule has 1 amide bonds. The zero-order valence-electron chi connectivity index (χ0n) is 15.8. The van der Waals surface area contributed by atoms with Gasteiger partial charge in [-0.3, -0.25) is 9.10 Å². The van der Waals surface area contributed by atoms with Crippen LogP contribution in [0.4, 0.5) is 15.8 Å². The summed E-state index contributed by atoms with van der Waals surface area (Å²) in [6.07, 6.45) is 1.16. The number of ether oxygens (including phenoxy) is 2. The fourth-order valence-corrected chi connectivity index (χ4v) is 4.41. The molecule has 0 spiro atoms. The Kier molecular flexibility index (Phi) is 6.18. The number of sulfonamides is 1. The first-order valence-corrected chi connectivity index (χ1v) is 11.1. The van der Waals surface area contributed by atoms with Gasteiger partial charge in [0.1, 0.15) is 25.1 Å². The highest BCUT2D eigenvalue weighted by Crippen LogP contribution is 2.33. The number of nitrogens with one attached hydrogen (secondary N) is 1. The molecule has 3 rings (SSSR count). The highest BCUT2D eigenvalue weighted by Gasteiger charge is 2.32. The molecule has 29 heavy (non-hydrogen) atoms. The first-order valence-electron chi connectivity index (χ1n) is 8.85. The molecular formula is C19H20ClFN2O5S. The minimum absolute atomic E-state index is 0.100. The minimum Gasteiger partial charge on any atom is -0.486 e. The Morgan fingerprint density at radius 3 is 2.52 bits per heavy atom. The third-order valence-electron chi connectivity index (χ3n) is 4.30. The summed E-state index contributed by atoms with van der Waals surface area (Å²) < 4.78 is 50.3. The predicted octanol–water partition coefficient (Wildman–Crippen LogP) is 3.43. The Bertz CT molecular complexity index is 1030. The van der Waals surface area contributed by atoms with Crippen molar-refractivity contribution in [2.45, 2.75) is 19.4 Å². The van der Waals surface area contributed by atoms with Crippen LogP contribution in [-0.4, -0.2) is 39.8 Å². The Labute approximate surface area is 173 Å². The van der Waals surface area contributed by atoms with E-state index in [2.05, 4.69) is 5.32 Å². The molecule has 10 heteroatoms. The summed E-state index contributed by atoms with van der Waals surface area (Å²) >= 11 is 5.81. The average molecular weight is 443 g/mol. The zero-order chi connectivity index (χ0) is 21.2. The normalized spacial score (nSPS) is 14.2. The van der Waals surface area contributed by atoms with Gasteiger partial charge in [0.15, 0.2) is 11.5 Å². The van der Waals surface area contributed by atoms with Crippen molar-refractivity contribution in [3.8, 4) is 11.5 Å². The highest BCUT2D eigenvalue weighted by molar-refractivity contribution is 7.92. The second kappa shape index (κ2) is 8.46. The number of fused-ring (bicyclic) bond motifs is 1. The smallest absolute Gasteiger partial charge is 0.248 e. The Morgan fingerprint density at radius 1 is 1.21 bits per heavy atom.